The summed E-state index contributed by atoms with van der Waals surface area (Å²) in [6.45, 7) is 0. The molecule has 0 heterocycles. The van der Waals surface area contributed by atoms with E-state index in [0.29, 0.717) is 34.1 Å². The topological polar surface area (TPSA) is 97.1 Å². The van der Waals surface area contributed by atoms with Gasteiger partial charge in [0.25, 0.3) is 0 Å². The summed E-state index contributed by atoms with van der Waals surface area (Å²) in [5.74, 6) is 0.820. The van der Waals surface area contributed by atoms with Crippen LogP contribution in [-0.2, 0) is 6.42 Å². The number of carbonyl (C=O) groups is 2. The number of Topliss-reactive ketones (excluding diaryl/α,β-unsaturated/α-hetero) is 1. The van der Waals surface area contributed by atoms with Gasteiger partial charge in [0, 0.05) is 17.5 Å². The number of rotatable bonds is 8. The molecule has 0 aliphatic heterocycles. The Bertz CT molecular complexity index is 806. The molecule has 2 rings (SSSR count). The minimum atomic E-state index is -0.611. The molecular formula is C19H21NO6. The van der Waals surface area contributed by atoms with Gasteiger partial charge in [-0.15, -0.1) is 0 Å². The van der Waals surface area contributed by atoms with Crippen LogP contribution in [0.25, 0.3) is 0 Å². The molecule has 0 aliphatic rings. The summed E-state index contributed by atoms with van der Waals surface area (Å²) in [4.78, 5) is 24.4. The van der Waals surface area contributed by atoms with Gasteiger partial charge < -0.3 is 24.7 Å². The molecule has 2 N–H and O–H groups in total. The van der Waals surface area contributed by atoms with Crippen molar-refractivity contribution in [2.24, 2.45) is 5.73 Å². The summed E-state index contributed by atoms with van der Waals surface area (Å²) in [7, 11) is 5.93. The number of nitrogens with two attached hydrogens (primary N) is 1. The van der Waals surface area contributed by atoms with E-state index in [2.05, 4.69) is 0 Å². The third kappa shape index (κ3) is 3.88. The molecule has 2 aromatic carbocycles. The third-order valence-electron chi connectivity index (χ3n) is 3.92. The van der Waals surface area contributed by atoms with Crippen LogP contribution in [0.1, 0.15) is 26.3 Å². The van der Waals surface area contributed by atoms with Crippen molar-refractivity contribution in [3.05, 3.63) is 47.0 Å². The Hall–Kier alpha value is -3.22. The molecular weight excluding hydrogens is 338 g/mol. The Kier molecular flexibility index (Phi) is 6.06. The van der Waals surface area contributed by atoms with Gasteiger partial charge in [0.1, 0.15) is 5.75 Å². The van der Waals surface area contributed by atoms with Crippen LogP contribution in [-0.4, -0.2) is 40.1 Å². The number of ketones is 1. The van der Waals surface area contributed by atoms with Crippen molar-refractivity contribution in [2.45, 2.75) is 6.42 Å². The molecule has 7 heteroatoms. The molecule has 0 aliphatic carbocycles. The second-order valence-corrected chi connectivity index (χ2v) is 5.40. The van der Waals surface area contributed by atoms with Crippen molar-refractivity contribution >= 4 is 11.7 Å². The van der Waals surface area contributed by atoms with Gasteiger partial charge >= 0.3 is 0 Å². The normalized spacial score (nSPS) is 10.2. The molecule has 138 valence electrons. The number of carbonyl (C=O) groups excluding carboxylic acids is 2. The van der Waals surface area contributed by atoms with E-state index < -0.39 is 5.91 Å². The lowest BCUT2D eigenvalue weighted by Gasteiger charge is -2.14. The largest absolute Gasteiger partial charge is 0.497 e. The molecule has 0 unspecified atom stereocenters. The number of amides is 1. The third-order valence-corrected chi connectivity index (χ3v) is 3.92. The molecule has 1 amide bonds. The maximum absolute atomic E-state index is 12.8. The molecule has 2 aromatic rings. The lowest BCUT2D eigenvalue weighted by Crippen LogP contribution is -2.16. The van der Waals surface area contributed by atoms with Crippen molar-refractivity contribution in [3.63, 3.8) is 0 Å². The Morgan fingerprint density at radius 1 is 0.885 bits per heavy atom. The first-order valence-electron chi connectivity index (χ1n) is 7.75. The highest BCUT2D eigenvalue weighted by Crippen LogP contribution is 2.38. The fourth-order valence-corrected chi connectivity index (χ4v) is 2.60. The minimum absolute atomic E-state index is 0.0336. The van der Waals surface area contributed by atoms with Gasteiger partial charge in [0.2, 0.25) is 11.7 Å². The summed E-state index contributed by atoms with van der Waals surface area (Å²) in [6, 6.07) is 7.91. The summed E-state index contributed by atoms with van der Waals surface area (Å²) in [5, 5.41) is 0. The molecule has 0 fully saturated rings. The second-order valence-electron chi connectivity index (χ2n) is 5.40. The molecule has 0 spiro atoms. The fraction of sp³-hybridized carbons (Fsp3) is 0.263. The van der Waals surface area contributed by atoms with E-state index >= 15 is 0 Å². The fourth-order valence-electron chi connectivity index (χ4n) is 2.60. The number of methoxy groups -OCH3 is 4. The monoisotopic (exact) mass is 359 g/mol. The summed E-state index contributed by atoms with van der Waals surface area (Å²) in [5.41, 5.74) is 6.51. The van der Waals surface area contributed by atoms with Crippen molar-refractivity contribution in [2.75, 3.05) is 28.4 Å². The highest BCUT2D eigenvalue weighted by Gasteiger charge is 2.19. The molecule has 26 heavy (non-hydrogen) atoms. The van der Waals surface area contributed by atoms with Crippen molar-refractivity contribution in [3.8, 4) is 23.0 Å². The molecule has 0 saturated heterocycles. The van der Waals surface area contributed by atoms with Crippen LogP contribution in [0.2, 0.25) is 0 Å². The van der Waals surface area contributed by atoms with Gasteiger partial charge in [-0.05, 0) is 35.9 Å². The lowest BCUT2D eigenvalue weighted by molar-refractivity contribution is 0.0990. The molecule has 7 nitrogen and oxygen atoms in total. The van der Waals surface area contributed by atoms with E-state index in [1.54, 1.807) is 30.3 Å². The van der Waals surface area contributed by atoms with Crippen LogP contribution in [0.3, 0.4) is 0 Å². The van der Waals surface area contributed by atoms with E-state index in [1.807, 2.05) is 0 Å². The lowest BCUT2D eigenvalue weighted by atomic mass is 9.97. The van der Waals surface area contributed by atoms with E-state index in [0.717, 1.165) is 0 Å². The van der Waals surface area contributed by atoms with E-state index in [1.165, 1.54) is 28.4 Å². The highest BCUT2D eigenvalue weighted by atomic mass is 16.5. The van der Waals surface area contributed by atoms with E-state index in [9.17, 15) is 9.59 Å². The predicted octanol–water partition coefficient (Wildman–Crippen LogP) is 2.25. The van der Waals surface area contributed by atoms with Gasteiger partial charge in [-0.3, -0.25) is 9.59 Å². The van der Waals surface area contributed by atoms with Crippen LogP contribution >= 0.6 is 0 Å². The number of ether oxygens (including phenoxy) is 4. The first-order chi connectivity index (χ1) is 12.4. The molecule has 0 saturated carbocycles. The van der Waals surface area contributed by atoms with Crippen LogP contribution in [0.5, 0.6) is 23.0 Å². The summed E-state index contributed by atoms with van der Waals surface area (Å²) < 4.78 is 20.9. The van der Waals surface area contributed by atoms with E-state index in [-0.39, 0.29) is 17.8 Å². The van der Waals surface area contributed by atoms with Gasteiger partial charge in [-0.2, -0.15) is 0 Å². The van der Waals surface area contributed by atoms with Crippen LogP contribution in [0.4, 0.5) is 0 Å². The molecule has 0 aromatic heterocycles. The Morgan fingerprint density at radius 3 is 1.96 bits per heavy atom. The first kappa shape index (κ1) is 19.1. The average molecular weight is 359 g/mol. The standard InChI is InChI=1S/C19H21NO6/c1-23-13-5-6-14(19(20)22)11(7-13)8-15(21)12-9-16(24-2)18(26-4)17(10-12)25-3/h5-7,9-10H,8H2,1-4H3,(H2,20,22). The maximum atomic E-state index is 12.8. The minimum Gasteiger partial charge on any atom is -0.497 e. The second kappa shape index (κ2) is 8.24. The summed E-state index contributed by atoms with van der Waals surface area (Å²) in [6.07, 6.45) is -0.0336. The van der Waals surface area contributed by atoms with Gasteiger partial charge in [0.05, 0.1) is 28.4 Å². The average Bonchev–Trinajstić information content (AvgIpc) is 2.66. The predicted molar refractivity (Wildman–Crippen MR) is 95.6 cm³/mol. The summed E-state index contributed by atoms with van der Waals surface area (Å²) >= 11 is 0. The Labute approximate surface area is 151 Å². The van der Waals surface area contributed by atoms with Crippen molar-refractivity contribution < 1.29 is 28.5 Å². The highest BCUT2D eigenvalue weighted by molar-refractivity contribution is 6.01. The van der Waals surface area contributed by atoms with Gasteiger partial charge in [-0.25, -0.2) is 0 Å². The molecule has 0 atom stereocenters. The van der Waals surface area contributed by atoms with Crippen molar-refractivity contribution in [1.82, 2.24) is 0 Å². The SMILES string of the molecule is COc1ccc(C(N)=O)c(CC(=O)c2cc(OC)c(OC)c(OC)c2)c1. The zero-order valence-electron chi connectivity index (χ0n) is 15.1. The smallest absolute Gasteiger partial charge is 0.248 e. The Morgan fingerprint density at radius 2 is 1.50 bits per heavy atom. The molecule has 0 bridgehead atoms. The Balaban J connectivity index is 2.43. The molecule has 0 radical (unpaired) electrons. The number of primary amides is 1. The van der Waals surface area contributed by atoms with Crippen LogP contribution in [0.15, 0.2) is 30.3 Å². The number of hydrogen-bond acceptors (Lipinski definition) is 6. The zero-order chi connectivity index (χ0) is 19.3. The quantitative estimate of drug-likeness (QED) is 0.726. The number of benzene rings is 2. The zero-order valence-corrected chi connectivity index (χ0v) is 15.1. The van der Waals surface area contributed by atoms with Crippen LogP contribution in [0, 0.1) is 0 Å². The first-order valence-corrected chi connectivity index (χ1v) is 7.75. The number of hydrogen-bond donors (Lipinski definition) is 1. The van der Waals surface area contributed by atoms with Gasteiger partial charge in [-0.1, -0.05) is 0 Å². The van der Waals surface area contributed by atoms with Crippen LogP contribution < -0.4 is 24.7 Å². The maximum Gasteiger partial charge on any atom is 0.248 e. The van der Waals surface area contributed by atoms with Gasteiger partial charge in [0.15, 0.2) is 17.3 Å². The van der Waals surface area contributed by atoms with E-state index in [4.69, 9.17) is 24.7 Å². The van der Waals surface area contributed by atoms with Crippen molar-refractivity contribution in [1.29, 1.82) is 0 Å².